The van der Waals surface area contributed by atoms with Gasteiger partial charge in [0.1, 0.15) is 0 Å². The van der Waals surface area contributed by atoms with Gasteiger partial charge in [-0.05, 0) is 57.5 Å². The van der Waals surface area contributed by atoms with Crippen molar-refractivity contribution in [2.24, 2.45) is 5.92 Å². The van der Waals surface area contributed by atoms with Crippen LogP contribution in [0.2, 0.25) is 0 Å². The highest BCUT2D eigenvalue weighted by Gasteiger charge is 2.24. The Balaban J connectivity index is 2.04. The van der Waals surface area contributed by atoms with E-state index in [1.165, 1.54) is 5.56 Å². The number of anilines is 1. The Hall–Kier alpha value is -1.35. The van der Waals surface area contributed by atoms with E-state index in [4.69, 9.17) is 0 Å². The van der Waals surface area contributed by atoms with E-state index in [1.54, 1.807) is 0 Å². The number of benzene rings is 1. The zero-order valence-corrected chi connectivity index (χ0v) is 11.5. The van der Waals surface area contributed by atoms with E-state index in [9.17, 15) is 4.79 Å². The van der Waals surface area contributed by atoms with Crippen molar-refractivity contribution in [1.29, 1.82) is 0 Å². The average Bonchev–Trinajstić information content (AvgIpc) is 2.34. The molecule has 18 heavy (non-hydrogen) atoms. The second-order valence-corrected chi connectivity index (χ2v) is 5.41. The fourth-order valence-electron chi connectivity index (χ4n) is 2.49. The lowest BCUT2D eigenvalue weighted by molar-refractivity contribution is -0.121. The summed E-state index contributed by atoms with van der Waals surface area (Å²) in [4.78, 5) is 14.5. The molecule has 1 aliphatic heterocycles. The number of nitrogens with zero attached hydrogens (tertiary/aromatic N) is 1. The number of carbonyl (C=O) groups excluding carboxylic acids is 1. The van der Waals surface area contributed by atoms with Gasteiger partial charge in [-0.15, -0.1) is 0 Å². The minimum Gasteiger partial charge on any atom is -0.326 e. The minimum atomic E-state index is 0.128. The Morgan fingerprint density at radius 2 is 2.17 bits per heavy atom. The van der Waals surface area contributed by atoms with E-state index in [0.717, 1.165) is 37.2 Å². The van der Waals surface area contributed by atoms with Gasteiger partial charge in [0.25, 0.3) is 0 Å². The van der Waals surface area contributed by atoms with Crippen LogP contribution >= 0.6 is 0 Å². The maximum atomic E-state index is 12.2. The van der Waals surface area contributed by atoms with Gasteiger partial charge < -0.3 is 10.2 Å². The third-order valence-corrected chi connectivity index (χ3v) is 3.65. The third-order valence-electron chi connectivity index (χ3n) is 3.65. The van der Waals surface area contributed by atoms with Crippen molar-refractivity contribution >= 4 is 11.6 Å². The summed E-state index contributed by atoms with van der Waals surface area (Å²) in [5, 5.41) is 3.08. The Bertz CT molecular complexity index is 442. The zero-order valence-electron chi connectivity index (χ0n) is 11.5. The van der Waals surface area contributed by atoms with Crippen molar-refractivity contribution in [1.82, 2.24) is 4.90 Å². The van der Waals surface area contributed by atoms with Gasteiger partial charge in [-0.1, -0.05) is 12.1 Å². The van der Waals surface area contributed by atoms with E-state index < -0.39 is 0 Å². The first-order valence-corrected chi connectivity index (χ1v) is 6.63. The van der Waals surface area contributed by atoms with Gasteiger partial charge in [0.2, 0.25) is 5.91 Å². The molecule has 3 heteroatoms. The SMILES string of the molecule is Cc1ccc(C)c(NC(=O)[C@H]2CCCN(C)C2)c1. The van der Waals surface area contributed by atoms with Gasteiger partial charge >= 0.3 is 0 Å². The van der Waals surface area contributed by atoms with Crippen molar-refractivity contribution in [3.8, 4) is 0 Å². The van der Waals surface area contributed by atoms with Gasteiger partial charge in [-0.25, -0.2) is 0 Å². The molecule has 0 aliphatic carbocycles. The Morgan fingerprint density at radius 1 is 1.39 bits per heavy atom. The number of amides is 1. The molecule has 1 aliphatic rings. The Morgan fingerprint density at radius 3 is 2.89 bits per heavy atom. The molecule has 0 aromatic heterocycles. The monoisotopic (exact) mass is 246 g/mol. The number of likely N-dealkylation sites (tertiary alicyclic amines) is 1. The largest absolute Gasteiger partial charge is 0.326 e. The molecule has 1 aromatic carbocycles. The number of hydrogen-bond acceptors (Lipinski definition) is 2. The quantitative estimate of drug-likeness (QED) is 0.870. The first-order chi connectivity index (χ1) is 8.56. The molecule has 1 saturated heterocycles. The van der Waals surface area contributed by atoms with Crippen LogP contribution in [0, 0.1) is 19.8 Å². The lowest BCUT2D eigenvalue weighted by Gasteiger charge is -2.28. The van der Waals surface area contributed by atoms with E-state index in [2.05, 4.69) is 29.4 Å². The highest BCUT2D eigenvalue weighted by molar-refractivity contribution is 5.93. The smallest absolute Gasteiger partial charge is 0.228 e. The van der Waals surface area contributed by atoms with Crippen LogP contribution in [0.25, 0.3) is 0 Å². The summed E-state index contributed by atoms with van der Waals surface area (Å²) in [5.41, 5.74) is 3.25. The van der Waals surface area contributed by atoms with Crippen molar-refractivity contribution < 1.29 is 4.79 Å². The summed E-state index contributed by atoms with van der Waals surface area (Å²) in [6, 6.07) is 6.16. The zero-order chi connectivity index (χ0) is 13.1. The fourth-order valence-corrected chi connectivity index (χ4v) is 2.49. The summed E-state index contributed by atoms with van der Waals surface area (Å²) < 4.78 is 0. The summed E-state index contributed by atoms with van der Waals surface area (Å²) in [6.07, 6.45) is 2.11. The number of aryl methyl sites for hydroxylation is 2. The maximum absolute atomic E-state index is 12.2. The molecule has 1 atom stereocenters. The summed E-state index contributed by atoms with van der Waals surface area (Å²) in [5.74, 6) is 0.291. The van der Waals surface area contributed by atoms with Crippen LogP contribution in [-0.2, 0) is 4.79 Å². The molecule has 98 valence electrons. The van der Waals surface area contributed by atoms with Crippen molar-refractivity contribution in [2.75, 3.05) is 25.5 Å². The summed E-state index contributed by atoms with van der Waals surface area (Å²) >= 11 is 0. The lowest BCUT2D eigenvalue weighted by atomic mass is 9.97. The molecule has 1 fully saturated rings. The molecule has 2 rings (SSSR count). The minimum absolute atomic E-state index is 0.128. The second kappa shape index (κ2) is 5.53. The number of piperidine rings is 1. The highest BCUT2D eigenvalue weighted by Crippen LogP contribution is 2.20. The number of nitrogens with one attached hydrogen (secondary N) is 1. The predicted molar refractivity (Wildman–Crippen MR) is 74.8 cm³/mol. The average molecular weight is 246 g/mol. The lowest BCUT2D eigenvalue weighted by Crippen LogP contribution is -2.38. The summed E-state index contributed by atoms with van der Waals surface area (Å²) in [6.45, 7) is 6.05. The van der Waals surface area contributed by atoms with Gasteiger partial charge in [0.05, 0.1) is 5.92 Å². The van der Waals surface area contributed by atoms with Crippen LogP contribution in [0.3, 0.4) is 0 Å². The first kappa shape index (κ1) is 13.1. The number of rotatable bonds is 2. The predicted octanol–water partition coefficient (Wildman–Crippen LogP) is 2.58. The molecule has 0 unspecified atom stereocenters. The molecule has 0 bridgehead atoms. The molecule has 0 radical (unpaired) electrons. The molecular formula is C15H22N2O. The van der Waals surface area contributed by atoms with E-state index in [-0.39, 0.29) is 11.8 Å². The van der Waals surface area contributed by atoms with Gasteiger partial charge in [0, 0.05) is 12.2 Å². The van der Waals surface area contributed by atoms with Crippen molar-refractivity contribution in [3.63, 3.8) is 0 Å². The van der Waals surface area contributed by atoms with E-state index in [0.29, 0.717) is 0 Å². The molecule has 0 spiro atoms. The summed E-state index contributed by atoms with van der Waals surface area (Å²) in [7, 11) is 2.08. The van der Waals surface area contributed by atoms with Crippen LogP contribution in [0.5, 0.6) is 0 Å². The highest BCUT2D eigenvalue weighted by atomic mass is 16.1. The molecule has 1 amide bonds. The molecule has 1 N–H and O–H groups in total. The van der Waals surface area contributed by atoms with Gasteiger partial charge in [-0.2, -0.15) is 0 Å². The Labute approximate surface area is 109 Å². The van der Waals surface area contributed by atoms with Crippen LogP contribution in [0.4, 0.5) is 5.69 Å². The maximum Gasteiger partial charge on any atom is 0.228 e. The molecule has 1 aromatic rings. The van der Waals surface area contributed by atoms with Crippen LogP contribution < -0.4 is 5.32 Å². The fraction of sp³-hybridized carbons (Fsp3) is 0.533. The van der Waals surface area contributed by atoms with Crippen molar-refractivity contribution in [2.45, 2.75) is 26.7 Å². The molecule has 3 nitrogen and oxygen atoms in total. The van der Waals surface area contributed by atoms with Crippen LogP contribution in [0.15, 0.2) is 18.2 Å². The first-order valence-electron chi connectivity index (χ1n) is 6.63. The number of hydrogen-bond donors (Lipinski definition) is 1. The van der Waals surface area contributed by atoms with Crippen LogP contribution in [-0.4, -0.2) is 30.9 Å². The Kier molecular flexibility index (Phi) is 4.02. The van der Waals surface area contributed by atoms with E-state index >= 15 is 0 Å². The molecule has 1 heterocycles. The van der Waals surface area contributed by atoms with Gasteiger partial charge in [0.15, 0.2) is 0 Å². The third kappa shape index (κ3) is 3.10. The number of carbonyl (C=O) groups is 1. The van der Waals surface area contributed by atoms with Crippen LogP contribution in [0.1, 0.15) is 24.0 Å². The normalized spacial score (nSPS) is 20.7. The standard InChI is InChI=1S/C15H22N2O/c1-11-6-7-12(2)14(9-11)16-15(18)13-5-4-8-17(3)10-13/h6-7,9,13H,4-5,8,10H2,1-3H3,(H,16,18)/t13-/m0/s1. The van der Waals surface area contributed by atoms with Gasteiger partial charge in [-0.3, -0.25) is 4.79 Å². The molecule has 0 saturated carbocycles. The van der Waals surface area contributed by atoms with Crippen molar-refractivity contribution in [3.05, 3.63) is 29.3 Å². The topological polar surface area (TPSA) is 32.3 Å². The second-order valence-electron chi connectivity index (χ2n) is 5.41. The molecular weight excluding hydrogens is 224 g/mol. The van der Waals surface area contributed by atoms with E-state index in [1.807, 2.05) is 19.9 Å².